The van der Waals surface area contributed by atoms with Crippen LogP contribution in [-0.2, 0) is 0 Å². The highest BCUT2D eigenvalue weighted by molar-refractivity contribution is 5.51. The average Bonchev–Trinajstić information content (AvgIpc) is 3.73. The summed E-state index contributed by atoms with van der Waals surface area (Å²) in [5, 5.41) is 0. The van der Waals surface area contributed by atoms with E-state index in [-0.39, 0.29) is 11.6 Å². The van der Waals surface area contributed by atoms with E-state index in [1.807, 2.05) is 102 Å². The van der Waals surface area contributed by atoms with Crippen LogP contribution in [0.2, 0.25) is 0 Å². The summed E-state index contributed by atoms with van der Waals surface area (Å²) in [7, 11) is 0. The quantitative estimate of drug-likeness (QED) is 0.211. The summed E-state index contributed by atoms with van der Waals surface area (Å²) in [6, 6.07) is 12.1. The average molecular weight is 577 g/mol. The lowest BCUT2D eigenvalue weighted by atomic mass is 10.1. The lowest BCUT2D eigenvalue weighted by molar-refractivity contribution is 0.147. The summed E-state index contributed by atoms with van der Waals surface area (Å²) in [6.07, 6.45) is 10.5. The number of rotatable bonds is 3. The smallest absolute Gasteiger partial charge is 0.281 e. The van der Waals surface area contributed by atoms with Crippen molar-refractivity contribution in [1.82, 2.24) is 28.2 Å². The second kappa shape index (κ2) is 16.4. The lowest BCUT2D eigenvalue weighted by Crippen LogP contribution is -1.93. The number of nitrogens with zero attached hydrogens (tertiary/aromatic N) is 6. The van der Waals surface area contributed by atoms with E-state index in [2.05, 4.69) is 58.3 Å². The summed E-state index contributed by atoms with van der Waals surface area (Å²) < 4.78 is 30.7. The topological polar surface area (TPSA) is 51.9 Å². The monoisotopic (exact) mass is 576 g/mol. The zero-order valence-electron chi connectivity index (χ0n) is 26.7. The maximum absolute atomic E-state index is 12.5. The van der Waals surface area contributed by atoms with Crippen molar-refractivity contribution in [2.45, 2.75) is 87.5 Å². The Hall–Kier alpha value is -4.07. The third kappa shape index (κ3) is 8.47. The van der Waals surface area contributed by atoms with Gasteiger partial charge in [-0.3, -0.25) is 0 Å². The van der Waals surface area contributed by atoms with E-state index in [9.17, 15) is 8.78 Å². The highest BCUT2D eigenvalue weighted by Crippen LogP contribution is 2.24. The molecule has 8 heteroatoms. The summed E-state index contributed by atoms with van der Waals surface area (Å²) >= 11 is 0. The molecule has 226 valence electrons. The van der Waals surface area contributed by atoms with Crippen molar-refractivity contribution in [2.75, 3.05) is 0 Å². The van der Waals surface area contributed by atoms with Gasteiger partial charge in [0.15, 0.2) is 0 Å². The minimum Gasteiger partial charge on any atom is -0.307 e. The highest BCUT2D eigenvalue weighted by atomic mass is 19.3. The van der Waals surface area contributed by atoms with E-state index in [0.717, 1.165) is 22.6 Å². The summed E-state index contributed by atoms with van der Waals surface area (Å²) in [4.78, 5) is 12.6. The Morgan fingerprint density at radius 2 is 1.14 bits per heavy atom. The Labute approximate surface area is 249 Å². The first-order valence-corrected chi connectivity index (χ1v) is 14.7. The normalized spacial score (nSPS) is 10.5. The number of hydrogen-bond acceptors (Lipinski definition) is 3. The zero-order valence-corrected chi connectivity index (χ0v) is 26.7. The fourth-order valence-corrected chi connectivity index (χ4v) is 4.31. The number of hydrogen-bond donors (Lipinski definition) is 0. The number of alkyl halides is 2. The van der Waals surface area contributed by atoms with Gasteiger partial charge in [0.1, 0.15) is 22.6 Å². The third-order valence-electron chi connectivity index (χ3n) is 6.25. The number of aromatic nitrogens is 6. The van der Waals surface area contributed by atoms with Crippen LogP contribution in [0.4, 0.5) is 8.78 Å². The predicted molar refractivity (Wildman–Crippen MR) is 171 cm³/mol. The second-order valence-electron chi connectivity index (χ2n) is 9.90. The number of pyridine rings is 3. The summed E-state index contributed by atoms with van der Waals surface area (Å²) in [5.41, 5.74) is 7.19. The maximum Gasteiger partial charge on any atom is 0.281 e. The van der Waals surface area contributed by atoms with E-state index >= 15 is 0 Å². The van der Waals surface area contributed by atoms with Crippen LogP contribution < -0.4 is 0 Å². The van der Waals surface area contributed by atoms with Gasteiger partial charge in [0.25, 0.3) is 6.43 Å². The fourth-order valence-electron chi connectivity index (χ4n) is 4.31. The Balaban J connectivity index is 0.000000210. The van der Waals surface area contributed by atoms with Crippen molar-refractivity contribution in [1.29, 1.82) is 0 Å². The van der Waals surface area contributed by atoms with E-state index in [0.29, 0.717) is 11.6 Å². The van der Waals surface area contributed by atoms with Gasteiger partial charge >= 0.3 is 0 Å². The molecule has 6 aromatic rings. The largest absolute Gasteiger partial charge is 0.307 e. The predicted octanol–water partition coefficient (Wildman–Crippen LogP) is 9.86. The number of fused-ring (bicyclic) bond motifs is 3. The summed E-state index contributed by atoms with van der Waals surface area (Å²) in [6.45, 7) is 20.5. The van der Waals surface area contributed by atoms with Crippen molar-refractivity contribution in [3.8, 4) is 0 Å². The molecule has 0 saturated carbocycles. The molecule has 0 saturated heterocycles. The minimum absolute atomic E-state index is 0.164. The van der Waals surface area contributed by atoms with E-state index in [1.165, 1.54) is 17.3 Å². The van der Waals surface area contributed by atoms with Crippen LogP contribution in [0, 0.1) is 13.8 Å². The molecule has 0 fully saturated rings. The Morgan fingerprint density at radius 3 is 1.69 bits per heavy atom. The van der Waals surface area contributed by atoms with Gasteiger partial charge in [-0.05, 0) is 60.6 Å². The van der Waals surface area contributed by atoms with Crippen molar-refractivity contribution in [3.05, 3.63) is 108 Å². The first kappa shape index (κ1) is 34.1. The van der Waals surface area contributed by atoms with Gasteiger partial charge in [0.2, 0.25) is 0 Å². The molecule has 6 heterocycles. The van der Waals surface area contributed by atoms with Crippen LogP contribution in [0.3, 0.4) is 0 Å². The highest BCUT2D eigenvalue weighted by Gasteiger charge is 2.14. The molecule has 0 aliphatic carbocycles. The second-order valence-corrected chi connectivity index (χ2v) is 9.90. The number of aryl methyl sites for hydroxylation is 2. The molecule has 6 nitrogen and oxygen atoms in total. The fraction of sp³-hybridized carbons (Fsp3) is 0.382. The SMILES string of the molecule is CC.CC.CC(C)c1cccn2cc(C(F)F)nc12.CC(C)c1cccn2ccnc12.Cc1cn2cccc(C)c2n1. The van der Waals surface area contributed by atoms with Gasteiger partial charge < -0.3 is 13.2 Å². The minimum atomic E-state index is -2.51. The molecule has 0 aliphatic heterocycles. The lowest BCUT2D eigenvalue weighted by Gasteiger charge is -2.05. The Morgan fingerprint density at radius 1 is 0.619 bits per heavy atom. The maximum atomic E-state index is 12.5. The van der Waals surface area contributed by atoms with Crippen LogP contribution in [0.15, 0.2) is 79.8 Å². The molecule has 0 N–H and O–H groups in total. The van der Waals surface area contributed by atoms with Gasteiger partial charge in [0.05, 0.1) is 5.69 Å². The van der Waals surface area contributed by atoms with Gasteiger partial charge in [-0.2, -0.15) is 0 Å². The van der Waals surface area contributed by atoms with Crippen LogP contribution in [-0.4, -0.2) is 28.2 Å². The standard InChI is InChI=1S/C11H12F2N2.C10H12N2.C9H10N2.2C2H6/c1-7(2)8-4-3-5-15-6-9(10(12)13)14-11(8)15;1-8(2)9-4-3-6-12-7-5-11-10(9)12;1-7-4-3-5-11-6-8(2)10-9(7)11;2*1-2/h3-7,10H,1-2H3;3-8H,1-2H3;3-6H,1-2H3;2*1-2H3. The first-order chi connectivity index (χ1) is 20.2. The molecule has 0 amide bonds. The van der Waals surface area contributed by atoms with Crippen LogP contribution in [0.25, 0.3) is 16.9 Å². The molecule has 0 aliphatic rings. The molecular formula is C34H46F2N6. The molecule has 0 spiro atoms. The molecule has 6 aromatic heterocycles. The van der Waals surface area contributed by atoms with Crippen molar-refractivity contribution in [3.63, 3.8) is 0 Å². The Kier molecular flexibility index (Phi) is 13.3. The van der Waals surface area contributed by atoms with Crippen LogP contribution in [0.5, 0.6) is 0 Å². The summed E-state index contributed by atoms with van der Waals surface area (Å²) in [5.74, 6) is 0.817. The van der Waals surface area contributed by atoms with E-state index in [1.54, 1.807) is 10.6 Å². The molecule has 0 atom stereocenters. The van der Waals surface area contributed by atoms with Gasteiger partial charge in [-0.25, -0.2) is 23.7 Å². The van der Waals surface area contributed by atoms with Gasteiger partial charge in [-0.15, -0.1) is 0 Å². The van der Waals surface area contributed by atoms with Crippen molar-refractivity contribution >= 4 is 16.9 Å². The first-order valence-electron chi connectivity index (χ1n) is 14.7. The van der Waals surface area contributed by atoms with E-state index in [4.69, 9.17) is 0 Å². The third-order valence-corrected chi connectivity index (χ3v) is 6.25. The van der Waals surface area contributed by atoms with Crippen molar-refractivity contribution in [2.24, 2.45) is 0 Å². The van der Waals surface area contributed by atoms with Crippen LogP contribution >= 0.6 is 0 Å². The molecule has 0 unspecified atom stereocenters. The number of imidazole rings is 3. The molecular weight excluding hydrogens is 530 g/mol. The van der Waals surface area contributed by atoms with Crippen LogP contribution in [0.1, 0.15) is 102 Å². The Bertz CT molecular complexity index is 1640. The van der Waals surface area contributed by atoms with Gasteiger partial charge in [-0.1, -0.05) is 73.6 Å². The van der Waals surface area contributed by atoms with Crippen molar-refractivity contribution < 1.29 is 8.78 Å². The molecule has 0 aromatic carbocycles. The molecule has 42 heavy (non-hydrogen) atoms. The van der Waals surface area contributed by atoms with E-state index < -0.39 is 6.43 Å². The van der Waals surface area contributed by atoms with Gasteiger partial charge in [0, 0.05) is 43.4 Å². The zero-order chi connectivity index (χ0) is 31.4. The molecule has 0 bridgehead atoms. The molecule has 0 radical (unpaired) electrons. The molecule has 6 rings (SSSR count). The number of halogens is 2.